The molecule has 0 spiro atoms. The van der Waals surface area contributed by atoms with Gasteiger partial charge < -0.3 is 15.0 Å². The van der Waals surface area contributed by atoms with E-state index in [9.17, 15) is 9.59 Å². The molecule has 0 unspecified atom stereocenters. The lowest BCUT2D eigenvalue weighted by Gasteiger charge is -2.61. The van der Waals surface area contributed by atoms with Crippen molar-refractivity contribution in [3.05, 3.63) is 35.9 Å². The summed E-state index contributed by atoms with van der Waals surface area (Å²) in [5.74, 6) is 2.31. The average Bonchev–Trinajstić information content (AvgIpc) is 3.12. The zero-order valence-electron chi connectivity index (χ0n) is 19.8. The van der Waals surface area contributed by atoms with Gasteiger partial charge in [-0.15, -0.1) is 0 Å². The van der Waals surface area contributed by atoms with E-state index in [2.05, 4.69) is 24.1 Å². The Balaban J connectivity index is 1.24. The van der Waals surface area contributed by atoms with Crippen LogP contribution in [0.4, 0.5) is 4.79 Å². The van der Waals surface area contributed by atoms with Gasteiger partial charge in [0.2, 0.25) is 5.91 Å². The monoisotopic (exact) mass is 438 g/mol. The molecular formula is C27H38N2O3. The highest BCUT2D eigenvalue weighted by atomic mass is 16.6. The molecule has 4 fully saturated rings. The summed E-state index contributed by atoms with van der Waals surface area (Å²) in [5, 5.41) is 2.93. The number of fused-ring (bicyclic) bond motifs is 5. The maximum absolute atomic E-state index is 12.5. The van der Waals surface area contributed by atoms with Gasteiger partial charge in [0.15, 0.2) is 0 Å². The molecule has 174 valence electrons. The highest BCUT2D eigenvalue weighted by molar-refractivity contribution is 5.77. The molecule has 7 atom stereocenters. The molecule has 32 heavy (non-hydrogen) atoms. The molecule has 0 radical (unpaired) electrons. The topological polar surface area (TPSA) is 58.6 Å². The van der Waals surface area contributed by atoms with Crippen LogP contribution < -0.4 is 5.32 Å². The van der Waals surface area contributed by atoms with E-state index in [1.54, 1.807) is 0 Å². The fraction of sp³-hybridized carbons (Fsp3) is 0.704. The Labute approximate surface area is 192 Å². The minimum atomic E-state index is -0.291. The van der Waals surface area contributed by atoms with Gasteiger partial charge in [-0.25, -0.2) is 4.79 Å². The van der Waals surface area contributed by atoms with Gasteiger partial charge in [0.25, 0.3) is 0 Å². The zero-order chi connectivity index (χ0) is 22.5. The van der Waals surface area contributed by atoms with E-state index < -0.39 is 0 Å². The molecule has 4 aliphatic rings. The molecule has 1 saturated heterocycles. The number of hydrogen-bond donors (Lipinski definition) is 1. The number of carbonyl (C=O) groups is 2. The summed E-state index contributed by atoms with van der Waals surface area (Å²) >= 11 is 0. The third-order valence-electron chi connectivity index (χ3n) is 9.84. The fourth-order valence-electron chi connectivity index (χ4n) is 8.20. The second-order valence-corrected chi connectivity index (χ2v) is 11.5. The number of ether oxygens (including phenoxy) is 1. The van der Waals surface area contributed by atoms with Gasteiger partial charge in [0.05, 0.1) is 0 Å². The normalized spacial score (nSPS) is 40.8. The van der Waals surface area contributed by atoms with E-state index >= 15 is 0 Å². The molecule has 5 rings (SSSR count). The van der Waals surface area contributed by atoms with Crippen molar-refractivity contribution in [3.8, 4) is 0 Å². The first-order valence-electron chi connectivity index (χ1n) is 12.5. The molecule has 0 aromatic heterocycles. The van der Waals surface area contributed by atoms with Crippen LogP contribution in [0.25, 0.3) is 0 Å². The summed E-state index contributed by atoms with van der Waals surface area (Å²) in [6.45, 7) is 5.40. The number of nitrogens with zero attached hydrogens (tertiary/aromatic N) is 1. The minimum absolute atomic E-state index is 0.0145. The van der Waals surface area contributed by atoms with E-state index in [1.807, 2.05) is 37.4 Å². The van der Waals surface area contributed by atoms with Crippen molar-refractivity contribution in [2.24, 2.45) is 28.6 Å². The van der Waals surface area contributed by atoms with Crippen molar-refractivity contribution in [2.75, 3.05) is 7.05 Å². The van der Waals surface area contributed by atoms with Crippen molar-refractivity contribution in [2.45, 2.75) is 83.9 Å². The molecule has 0 bridgehead atoms. The second-order valence-electron chi connectivity index (χ2n) is 11.5. The Morgan fingerprint density at radius 3 is 2.69 bits per heavy atom. The van der Waals surface area contributed by atoms with Crippen molar-refractivity contribution in [3.63, 3.8) is 0 Å². The highest BCUT2D eigenvalue weighted by Crippen LogP contribution is 2.64. The summed E-state index contributed by atoms with van der Waals surface area (Å²) in [6.07, 6.45) is 8.22. The lowest BCUT2D eigenvalue weighted by atomic mass is 9.47. The van der Waals surface area contributed by atoms with Gasteiger partial charge in [-0.05, 0) is 79.1 Å². The van der Waals surface area contributed by atoms with E-state index in [4.69, 9.17) is 4.74 Å². The maximum atomic E-state index is 12.5. The smallest absolute Gasteiger partial charge is 0.407 e. The van der Waals surface area contributed by atoms with Crippen LogP contribution in [0.2, 0.25) is 0 Å². The van der Waals surface area contributed by atoms with Crippen LogP contribution in [0, 0.1) is 28.6 Å². The Kier molecular flexibility index (Phi) is 5.50. The quantitative estimate of drug-likeness (QED) is 0.710. The predicted molar refractivity (Wildman–Crippen MR) is 124 cm³/mol. The third kappa shape index (κ3) is 3.62. The van der Waals surface area contributed by atoms with Crippen molar-refractivity contribution < 1.29 is 14.3 Å². The van der Waals surface area contributed by atoms with E-state index in [0.717, 1.165) is 31.2 Å². The zero-order valence-corrected chi connectivity index (χ0v) is 19.8. The van der Waals surface area contributed by atoms with Gasteiger partial charge in [-0.3, -0.25) is 4.79 Å². The molecule has 2 amide bonds. The van der Waals surface area contributed by atoms with Gasteiger partial charge in [0, 0.05) is 26.1 Å². The number of amides is 2. The van der Waals surface area contributed by atoms with Crippen molar-refractivity contribution in [1.29, 1.82) is 0 Å². The van der Waals surface area contributed by atoms with Crippen LogP contribution in [0.5, 0.6) is 0 Å². The van der Waals surface area contributed by atoms with E-state index in [0.29, 0.717) is 42.7 Å². The van der Waals surface area contributed by atoms with Crippen LogP contribution >= 0.6 is 0 Å². The van der Waals surface area contributed by atoms with Gasteiger partial charge >= 0.3 is 6.09 Å². The summed E-state index contributed by atoms with van der Waals surface area (Å²) in [5.41, 5.74) is 1.59. The van der Waals surface area contributed by atoms with Gasteiger partial charge in [-0.2, -0.15) is 0 Å². The molecule has 5 nitrogen and oxygen atoms in total. The van der Waals surface area contributed by atoms with E-state index in [-0.39, 0.29) is 23.0 Å². The number of rotatable bonds is 3. The largest absolute Gasteiger partial charge is 0.446 e. The highest BCUT2D eigenvalue weighted by Gasteiger charge is 2.60. The molecule has 5 heteroatoms. The van der Waals surface area contributed by atoms with Crippen molar-refractivity contribution >= 4 is 12.0 Å². The predicted octanol–water partition coefficient (Wildman–Crippen LogP) is 5.14. The average molecular weight is 439 g/mol. The number of carbonyl (C=O) groups excluding carboxylic acids is 2. The second kappa shape index (κ2) is 8.07. The maximum Gasteiger partial charge on any atom is 0.407 e. The SMILES string of the molecule is CN1C(=O)CC[C@]2(C)[C@H]3CC[C@]4(C)C[C@@H](OC(=O)NCc5ccccc5)C[C@H]4[C@@H]3CC[C@@H]12. The standard InChI is InChI=1S/C27H38N2O3/c1-26-13-11-21-20(9-10-23-27(21,2)14-12-24(30)29(23)3)22(26)15-19(16-26)32-25(31)28-17-18-7-5-4-6-8-18/h4-8,19-23H,9-17H2,1-3H3,(H,28,31)/t19-,20+,21-,22-,23+,26+,27+/m0/s1. The number of piperidine rings is 1. The Hall–Kier alpha value is -2.04. The summed E-state index contributed by atoms with van der Waals surface area (Å²) in [6, 6.07) is 10.4. The van der Waals surface area contributed by atoms with Crippen molar-refractivity contribution in [1.82, 2.24) is 10.2 Å². The van der Waals surface area contributed by atoms with Crippen LogP contribution in [-0.2, 0) is 16.1 Å². The van der Waals surface area contributed by atoms with Crippen LogP contribution in [-0.4, -0.2) is 36.1 Å². The van der Waals surface area contributed by atoms with E-state index in [1.165, 1.54) is 19.3 Å². The lowest BCUT2D eigenvalue weighted by molar-refractivity contribution is -0.156. The van der Waals surface area contributed by atoms with Crippen LogP contribution in [0.3, 0.4) is 0 Å². The van der Waals surface area contributed by atoms with Crippen LogP contribution in [0.15, 0.2) is 30.3 Å². The number of nitrogens with one attached hydrogen (secondary N) is 1. The fourth-order valence-corrected chi connectivity index (χ4v) is 8.20. The Morgan fingerprint density at radius 1 is 1.12 bits per heavy atom. The Morgan fingerprint density at radius 2 is 1.91 bits per heavy atom. The summed E-state index contributed by atoms with van der Waals surface area (Å²) < 4.78 is 5.93. The Bertz CT molecular complexity index is 873. The van der Waals surface area contributed by atoms with Gasteiger partial charge in [0.1, 0.15) is 6.10 Å². The van der Waals surface area contributed by atoms with Gasteiger partial charge in [-0.1, -0.05) is 44.2 Å². The summed E-state index contributed by atoms with van der Waals surface area (Å²) in [7, 11) is 2.02. The first kappa shape index (κ1) is 21.8. The number of likely N-dealkylation sites (tertiary alicyclic amines) is 1. The number of hydrogen-bond acceptors (Lipinski definition) is 3. The lowest BCUT2D eigenvalue weighted by Crippen LogP contribution is -2.61. The van der Waals surface area contributed by atoms with Crippen LogP contribution in [0.1, 0.15) is 70.8 Å². The molecule has 3 saturated carbocycles. The first-order chi connectivity index (χ1) is 15.3. The molecular weight excluding hydrogens is 400 g/mol. The minimum Gasteiger partial charge on any atom is -0.446 e. The molecule has 1 N–H and O–H groups in total. The number of benzene rings is 1. The third-order valence-corrected chi connectivity index (χ3v) is 9.84. The number of alkyl carbamates (subject to hydrolysis) is 1. The molecule has 1 aromatic carbocycles. The summed E-state index contributed by atoms with van der Waals surface area (Å²) in [4.78, 5) is 26.9. The first-order valence-corrected chi connectivity index (χ1v) is 12.5. The molecule has 1 aromatic rings. The molecule has 1 aliphatic heterocycles. The molecule has 1 heterocycles. The molecule has 3 aliphatic carbocycles.